The molecule has 0 saturated carbocycles. The van der Waals surface area contributed by atoms with Crippen LogP contribution in [-0.4, -0.2) is 116 Å². The summed E-state index contributed by atoms with van der Waals surface area (Å²) in [6.45, 7) is 57.7. The second-order valence-electron chi connectivity index (χ2n) is 28.1. The summed E-state index contributed by atoms with van der Waals surface area (Å²) in [7, 11) is -1.51. The van der Waals surface area contributed by atoms with Gasteiger partial charge in [0.1, 0.15) is 44.7 Å². The lowest BCUT2D eigenvalue weighted by Gasteiger charge is -2.20. The van der Waals surface area contributed by atoms with Gasteiger partial charge in [0.05, 0.1) is 73.2 Å². The fourth-order valence-electron chi connectivity index (χ4n) is 9.76. The van der Waals surface area contributed by atoms with Gasteiger partial charge in [-0.15, -0.1) is 18.1 Å². The van der Waals surface area contributed by atoms with Crippen molar-refractivity contribution in [2.75, 3.05) is 6.54 Å². The monoisotopic (exact) mass is 1450 g/mol. The molecule has 0 aliphatic heterocycles. The minimum absolute atomic E-state index is 0.0241. The molecule has 14 aromatic rings. The van der Waals surface area contributed by atoms with Gasteiger partial charge in [0.2, 0.25) is 22.6 Å². The van der Waals surface area contributed by atoms with E-state index in [4.69, 9.17) is 46.5 Å². The highest BCUT2D eigenvalue weighted by Crippen LogP contribution is 2.35. The molecule has 2 aromatic carbocycles. The van der Waals surface area contributed by atoms with Crippen molar-refractivity contribution in [1.82, 2.24) is 92.0 Å². The van der Waals surface area contributed by atoms with Gasteiger partial charge in [-0.25, -0.2) is 48.7 Å². The van der Waals surface area contributed by atoms with Crippen LogP contribution in [0.15, 0.2) is 169 Å². The van der Waals surface area contributed by atoms with E-state index in [0.717, 1.165) is 70.5 Å². The zero-order valence-electron chi connectivity index (χ0n) is 58.7. The summed E-state index contributed by atoms with van der Waals surface area (Å²) in [6, 6.07) is 26.0. The average molecular weight is 1450 g/mol. The molecule has 12 heterocycles. The minimum atomic E-state index is -1.51. The van der Waals surface area contributed by atoms with Crippen LogP contribution in [0.25, 0.3) is 98.8 Å². The summed E-state index contributed by atoms with van der Waals surface area (Å²) >= 11 is 3.49. The average Bonchev–Trinajstić information content (AvgIpc) is 1.67. The van der Waals surface area contributed by atoms with Gasteiger partial charge in [-0.3, -0.25) is 0 Å². The van der Waals surface area contributed by atoms with Crippen molar-refractivity contribution in [3.63, 3.8) is 0 Å². The maximum atomic E-state index is 13.4. The van der Waals surface area contributed by atoms with E-state index in [1.54, 1.807) is 58.3 Å². The molecule has 0 spiro atoms. The molecule has 0 saturated heterocycles. The first kappa shape index (κ1) is 75.2. The van der Waals surface area contributed by atoms with Crippen molar-refractivity contribution in [3.8, 4) is 56.9 Å². The third-order valence-electron chi connectivity index (χ3n) is 14.4. The Morgan fingerprint density at radius 1 is 0.456 bits per heavy atom. The van der Waals surface area contributed by atoms with Crippen LogP contribution in [0.1, 0.15) is 83.1 Å². The number of hydrogen-bond acceptors (Lipinski definition) is 16. The maximum Gasteiger partial charge on any atom is 0.488 e. The van der Waals surface area contributed by atoms with Crippen molar-refractivity contribution in [3.05, 3.63) is 222 Å². The van der Waals surface area contributed by atoms with Gasteiger partial charge < -0.3 is 53.3 Å². The molecular weight excluding hydrogens is 1380 g/mol. The first-order valence-corrected chi connectivity index (χ1v) is 32.8. The fourth-order valence-corrected chi connectivity index (χ4v) is 10.3. The van der Waals surface area contributed by atoms with Gasteiger partial charge in [-0.2, -0.15) is 0 Å². The van der Waals surface area contributed by atoms with Crippen LogP contribution in [-0.2, 0) is 19.6 Å². The van der Waals surface area contributed by atoms with Crippen molar-refractivity contribution in [2.45, 2.75) is 103 Å². The summed E-state index contributed by atoms with van der Waals surface area (Å²) < 4.78 is 43.8. The second-order valence-corrected chi connectivity index (χ2v) is 28.9. The van der Waals surface area contributed by atoms with Crippen LogP contribution >= 0.6 is 15.9 Å². The highest BCUT2D eigenvalue weighted by molar-refractivity contribution is 9.10. The number of hydrogen-bond donors (Lipinski definition) is 3. The third-order valence-corrected chi connectivity index (χ3v) is 15.0. The Morgan fingerprint density at radius 3 is 1.26 bits per heavy atom. The predicted octanol–water partition coefficient (Wildman–Crippen LogP) is 14.6. The van der Waals surface area contributed by atoms with Crippen molar-refractivity contribution in [1.29, 1.82) is 0 Å². The topological polar surface area (TPSA) is 284 Å². The Balaban J connectivity index is 0.000000151. The number of imidazole rings is 7. The fraction of sp³-hybridized carbons (Fsp3) is 0.278. The Hall–Kier alpha value is -12.0. The molecule has 0 aliphatic rings. The molecular formula is C72H74BBrF2N24O3. The lowest BCUT2D eigenvalue weighted by molar-refractivity contribution is 0.345. The molecule has 0 unspecified atom stereocenters. The van der Waals surface area contributed by atoms with Crippen LogP contribution in [0.5, 0.6) is 0 Å². The van der Waals surface area contributed by atoms with Crippen molar-refractivity contribution in [2.24, 2.45) is 27.4 Å². The number of rotatable bonds is 9. The molecule has 103 heavy (non-hydrogen) atoms. The van der Waals surface area contributed by atoms with Gasteiger partial charge in [0.15, 0.2) is 12.2 Å². The van der Waals surface area contributed by atoms with E-state index >= 15 is 0 Å². The van der Waals surface area contributed by atoms with Crippen LogP contribution in [0.4, 0.5) is 32.1 Å². The summed E-state index contributed by atoms with van der Waals surface area (Å²) in [5.74, 6) is 1.41. The number of halogens is 3. The first-order chi connectivity index (χ1) is 48.9. The van der Waals surface area contributed by atoms with E-state index in [2.05, 4.69) is 192 Å². The molecule has 0 atom stereocenters. The molecule has 0 fully saturated rings. The minimum Gasteiger partial charge on any atom is -0.442 e. The Morgan fingerprint density at radius 2 is 0.845 bits per heavy atom. The van der Waals surface area contributed by atoms with Crippen molar-refractivity contribution >= 4 is 74.4 Å². The Labute approximate surface area is 601 Å². The number of nitrogens with two attached hydrogens (primary N) is 1. The Bertz CT molecular complexity index is 5380. The number of aromatic nitrogens is 19. The van der Waals surface area contributed by atoms with Crippen LogP contribution in [0, 0.1) is 59.6 Å². The summed E-state index contributed by atoms with van der Waals surface area (Å²) in [6.07, 6.45) is 16.2. The normalized spacial score (nSPS) is 11.3. The number of nitrogens with zero attached hydrogens (tertiary/aromatic N) is 23. The van der Waals surface area contributed by atoms with Crippen LogP contribution in [0.3, 0.4) is 0 Å². The molecule has 14 rings (SSSR count). The highest BCUT2D eigenvalue weighted by atomic mass is 79.9. The lowest BCUT2D eigenvalue weighted by atomic mass is 9.80. The van der Waals surface area contributed by atoms with Gasteiger partial charge in [0, 0.05) is 49.5 Å². The maximum absolute atomic E-state index is 13.4. The predicted molar refractivity (Wildman–Crippen MR) is 392 cm³/mol. The molecule has 31 heteroatoms. The summed E-state index contributed by atoms with van der Waals surface area (Å²) in [5.41, 5.74) is 15.8. The van der Waals surface area contributed by atoms with E-state index in [1.165, 1.54) is 76.6 Å². The molecule has 27 nitrogen and oxygen atoms in total. The smallest absolute Gasteiger partial charge is 0.442 e. The van der Waals surface area contributed by atoms with Gasteiger partial charge >= 0.3 is 7.12 Å². The molecule has 0 amide bonds. The zero-order chi connectivity index (χ0) is 74.6. The quantitative estimate of drug-likeness (QED) is 0.0894. The number of oxazole rings is 1. The Kier molecular flexibility index (Phi) is 23.4. The van der Waals surface area contributed by atoms with E-state index in [-0.39, 0.29) is 27.9 Å². The molecule has 0 radical (unpaired) electrons. The largest absolute Gasteiger partial charge is 0.488 e. The molecule has 0 bridgehead atoms. The van der Waals surface area contributed by atoms with Crippen LogP contribution < -0.4 is 11.2 Å². The summed E-state index contributed by atoms with van der Waals surface area (Å²) in [4.78, 5) is 47.2. The second kappa shape index (κ2) is 32.1. The van der Waals surface area contributed by atoms with Gasteiger partial charge in [0.25, 0.3) is 23.3 Å². The molecule has 0 aliphatic carbocycles. The third kappa shape index (κ3) is 19.5. The van der Waals surface area contributed by atoms with Gasteiger partial charge in [-0.1, -0.05) is 142 Å². The summed E-state index contributed by atoms with van der Waals surface area (Å²) in [5, 5.41) is 35.1. The van der Waals surface area contributed by atoms with E-state index in [1.807, 2.05) is 42.7 Å². The molecule has 4 N–H and O–H groups in total. The standard InChI is InChI=1S/C21H19FN6.C15H15BrN6.C15H16N6.C10H5N5O.C6H6BFO2.C5H13N/c1-21(2,3)12-27-13-25-19(14-5-7-15(22)8-6-14)20(27)16-9-10-17-24-11-18(23-4)28(17)26-16;1-15(2,3)8-21-9-19-14(16)13(21)10-5-6-11-18-7-12(17-4)22(11)20-10;1-15(2,3)9-20-10-17-7-12(20)11-5-6-13-18-8-14(16-4)21(13)19-11;1-11-10-5-13-9-3-2-7(14-15(9)10)8-4-12-6-16-8;8-6-3-1-5(2-4-6)7(9)10;1-5(2,3)4-6/h5-11,13H,12H2,1-3H3;5-7,9H,8H2,1-3H3;5-8,10H,9H2,1-3H3;2-6H;1-4,9-10H;4,6H2,1-3H3. The highest BCUT2D eigenvalue weighted by Gasteiger charge is 2.25. The lowest BCUT2D eigenvalue weighted by Crippen LogP contribution is -2.29. The first-order valence-electron chi connectivity index (χ1n) is 32.0. The SMILES string of the molecule is CC(C)(C)CN.OB(O)c1ccc(F)cc1.[C-]#[N+]c1cnc2ccc(-c3c(-c4ccc(F)cc4)ncn3CC(C)(C)C)nn12.[C-]#[N+]c1cnc2ccc(-c3c(Br)ncn3CC(C)(C)C)nn12.[C-]#[N+]c1cnc2ccc(-c3cncn3CC(C)(C)C)nn12.[C-]#[N+]c1cnc2ccc(-c3cnco3)nn12. The van der Waals surface area contributed by atoms with Gasteiger partial charge in [-0.05, 0) is 110 Å². The van der Waals surface area contributed by atoms with Crippen LogP contribution in [0.2, 0.25) is 0 Å². The van der Waals surface area contributed by atoms with E-state index in [9.17, 15) is 8.78 Å². The number of benzene rings is 2. The molecule has 524 valence electrons. The van der Waals surface area contributed by atoms with E-state index in [0.29, 0.717) is 73.9 Å². The van der Waals surface area contributed by atoms with Crippen molar-refractivity contribution < 1.29 is 23.2 Å². The van der Waals surface area contributed by atoms with E-state index < -0.39 is 7.12 Å². The number of fused-ring (bicyclic) bond motifs is 4. The molecule has 12 aromatic heterocycles. The zero-order valence-corrected chi connectivity index (χ0v) is 60.3.